The van der Waals surface area contributed by atoms with Crippen molar-refractivity contribution in [3.8, 4) is 0 Å². The maximum Gasteiger partial charge on any atom is 0.305 e. The van der Waals surface area contributed by atoms with E-state index in [4.69, 9.17) is 4.74 Å². The Bertz CT molecular complexity index is 1380. The van der Waals surface area contributed by atoms with Gasteiger partial charge < -0.3 is 20.3 Å². The van der Waals surface area contributed by atoms with Crippen molar-refractivity contribution in [3.05, 3.63) is 24.3 Å². The molecule has 522 valence electrons. The highest BCUT2D eigenvalue weighted by molar-refractivity contribution is 5.76. The number of carbonyl (C=O) groups is 2. The highest BCUT2D eigenvalue weighted by Gasteiger charge is 2.20. The summed E-state index contributed by atoms with van der Waals surface area (Å²) in [5, 5.41) is 23.5. The summed E-state index contributed by atoms with van der Waals surface area (Å²) in [7, 11) is 0. The van der Waals surface area contributed by atoms with Crippen LogP contribution in [0.25, 0.3) is 0 Å². The van der Waals surface area contributed by atoms with E-state index in [1.165, 1.54) is 379 Å². The molecule has 0 saturated heterocycles. The van der Waals surface area contributed by atoms with E-state index in [0.717, 1.165) is 51.4 Å². The van der Waals surface area contributed by atoms with E-state index in [9.17, 15) is 19.8 Å². The van der Waals surface area contributed by atoms with Gasteiger partial charge in [-0.2, -0.15) is 0 Å². The van der Waals surface area contributed by atoms with E-state index >= 15 is 0 Å². The summed E-state index contributed by atoms with van der Waals surface area (Å²) in [6.45, 7) is 4.96. The minimum atomic E-state index is -0.662. The third kappa shape index (κ3) is 73.4. The van der Waals surface area contributed by atoms with E-state index in [-0.39, 0.29) is 18.5 Å². The Morgan fingerprint density at radius 1 is 0.318 bits per heavy atom. The molecule has 0 heterocycles. The number of hydrogen-bond donors (Lipinski definition) is 3. The Kier molecular flexibility index (Phi) is 76.3. The quantitative estimate of drug-likeness (QED) is 0.0320. The zero-order chi connectivity index (χ0) is 63.5. The van der Waals surface area contributed by atoms with Gasteiger partial charge in [-0.05, 0) is 51.4 Å². The van der Waals surface area contributed by atoms with Gasteiger partial charge in [0, 0.05) is 12.8 Å². The highest BCUT2D eigenvalue weighted by Crippen LogP contribution is 2.21. The average molecular weight is 1240 g/mol. The molecule has 0 bridgehead atoms. The molecule has 0 saturated carbocycles. The van der Waals surface area contributed by atoms with Crippen molar-refractivity contribution >= 4 is 11.9 Å². The molecular weight excluding hydrogens is 1080 g/mol. The third-order valence-electron chi connectivity index (χ3n) is 19.3. The molecule has 88 heavy (non-hydrogen) atoms. The molecule has 6 heteroatoms. The monoisotopic (exact) mass is 1240 g/mol. The fourth-order valence-corrected chi connectivity index (χ4v) is 13.1. The molecule has 0 aromatic heterocycles. The standard InChI is InChI=1S/C82H159NO5/c1-3-5-7-9-11-13-15-17-19-20-21-22-23-35-38-41-44-47-50-54-58-62-66-70-74-80(85)79(78-84)83-81(86)75-71-67-63-59-55-51-48-45-42-39-36-33-31-29-27-25-24-26-28-30-32-34-37-40-43-46-49-53-57-61-65-69-73-77-88-82(87)76-72-68-64-60-56-52-18-16-14-12-10-8-6-4-2/h10,12,16,18,79-80,84-85H,3-9,11,13-15,17,19-78H2,1-2H3,(H,83,86)/b12-10-,18-16-. The first-order valence-corrected chi connectivity index (χ1v) is 40.6. The van der Waals surface area contributed by atoms with Crippen molar-refractivity contribution in [2.75, 3.05) is 13.2 Å². The fraction of sp³-hybridized carbons (Fsp3) is 0.927. The number of unbranched alkanes of at least 4 members (excludes halogenated alkanes) is 62. The van der Waals surface area contributed by atoms with Crippen molar-refractivity contribution in [3.63, 3.8) is 0 Å². The zero-order valence-corrected chi connectivity index (χ0v) is 60.0. The van der Waals surface area contributed by atoms with Gasteiger partial charge in [-0.25, -0.2) is 0 Å². The number of aliphatic hydroxyl groups is 2. The normalized spacial score (nSPS) is 12.5. The molecule has 0 rings (SSSR count). The second-order valence-corrected chi connectivity index (χ2v) is 28.1. The summed E-state index contributed by atoms with van der Waals surface area (Å²) >= 11 is 0. The number of carbonyl (C=O) groups excluding carboxylic acids is 2. The lowest BCUT2D eigenvalue weighted by Gasteiger charge is -2.22. The summed E-state index contributed by atoms with van der Waals surface area (Å²) in [5.74, 6) is -0.0162. The average Bonchev–Trinajstić information content (AvgIpc) is 3.58. The third-order valence-corrected chi connectivity index (χ3v) is 19.3. The van der Waals surface area contributed by atoms with Crippen molar-refractivity contribution in [1.29, 1.82) is 0 Å². The van der Waals surface area contributed by atoms with E-state index in [2.05, 4.69) is 43.5 Å². The molecular formula is C82H159NO5. The van der Waals surface area contributed by atoms with Gasteiger partial charge in [0.05, 0.1) is 25.4 Å². The van der Waals surface area contributed by atoms with E-state index in [0.29, 0.717) is 25.9 Å². The van der Waals surface area contributed by atoms with Gasteiger partial charge in [-0.3, -0.25) is 9.59 Å². The zero-order valence-electron chi connectivity index (χ0n) is 60.0. The van der Waals surface area contributed by atoms with Crippen LogP contribution in [0.15, 0.2) is 24.3 Å². The highest BCUT2D eigenvalue weighted by atomic mass is 16.5. The summed E-state index contributed by atoms with van der Waals surface area (Å²) in [6.07, 6.45) is 100.0. The number of hydrogen-bond acceptors (Lipinski definition) is 5. The van der Waals surface area contributed by atoms with Crippen LogP contribution in [0, 0.1) is 0 Å². The van der Waals surface area contributed by atoms with Crippen LogP contribution in [0.1, 0.15) is 463 Å². The van der Waals surface area contributed by atoms with Gasteiger partial charge in [0.2, 0.25) is 5.91 Å². The summed E-state index contributed by atoms with van der Waals surface area (Å²) in [4.78, 5) is 24.6. The Morgan fingerprint density at radius 2 is 0.580 bits per heavy atom. The van der Waals surface area contributed by atoms with Crippen molar-refractivity contribution < 1.29 is 24.5 Å². The van der Waals surface area contributed by atoms with Crippen LogP contribution in [-0.4, -0.2) is 47.4 Å². The number of rotatable bonds is 77. The summed E-state index contributed by atoms with van der Waals surface area (Å²) in [6, 6.07) is -0.539. The van der Waals surface area contributed by atoms with Crippen LogP contribution >= 0.6 is 0 Å². The van der Waals surface area contributed by atoms with E-state index < -0.39 is 12.1 Å². The predicted octanol–water partition coefficient (Wildman–Crippen LogP) is 26.8. The van der Waals surface area contributed by atoms with Gasteiger partial charge in [0.25, 0.3) is 0 Å². The summed E-state index contributed by atoms with van der Waals surface area (Å²) in [5.41, 5.74) is 0. The lowest BCUT2D eigenvalue weighted by atomic mass is 10.0. The molecule has 3 N–H and O–H groups in total. The SMILES string of the molecule is CCCC/C=C\C/C=C\CCCCCCCC(=O)OCCCCCCCCCCCCCCCCCCCCCCCCCCCCCCCCCCCC(=O)NC(CO)C(O)CCCCCCCCCCCCCCCCCCCCCCCCCC. The molecule has 0 aromatic rings. The first kappa shape index (κ1) is 86.3. The number of allylic oxidation sites excluding steroid dienone is 4. The Labute approximate surface area is 551 Å². The lowest BCUT2D eigenvalue weighted by Crippen LogP contribution is -2.45. The van der Waals surface area contributed by atoms with Crippen LogP contribution < -0.4 is 5.32 Å². The van der Waals surface area contributed by atoms with Gasteiger partial charge in [0.1, 0.15) is 0 Å². The Hall–Kier alpha value is -1.66. The molecule has 2 atom stereocenters. The Morgan fingerprint density at radius 3 is 0.898 bits per heavy atom. The van der Waals surface area contributed by atoms with Crippen molar-refractivity contribution in [2.45, 2.75) is 475 Å². The molecule has 0 aliphatic rings. The van der Waals surface area contributed by atoms with Crippen LogP contribution in [0.4, 0.5) is 0 Å². The number of nitrogens with one attached hydrogen (secondary N) is 1. The predicted molar refractivity (Wildman–Crippen MR) is 389 cm³/mol. The number of esters is 1. The molecule has 0 spiro atoms. The van der Waals surface area contributed by atoms with E-state index in [1.54, 1.807) is 0 Å². The maximum atomic E-state index is 12.6. The molecule has 0 fully saturated rings. The van der Waals surface area contributed by atoms with Crippen LogP contribution in [0.2, 0.25) is 0 Å². The van der Waals surface area contributed by atoms with Crippen molar-refractivity contribution in [1.82, 2.24) is 5.32 Å². The second-order valence-electron chi connectivity index (χ2n) is 28.1. The topological polar surface area (TPSA) is 95.9 Å². The first-order valence-electron chi connectivity index (χ1n) is 40.6. The molecule has 0 aliphatic heterocycles. The first-order chi connectivity index (χ1) is 43.5. The molecule has 0 radical (unpaired) electrons. The minimum Gasteiger partial charge on any atom is -0.466 e. The molecule has 2 unspecified atom stereocenters. The molecule has 1 amide bonds. The van der Waals surface area contributed by atoms with Crippen LogP contribution in [0.3, 0.4) is 0 Å². The maximum absolute atomic E-state index is 12.6. The van der Waals surface area contributed by atoms with Crippen LogP contribution in [0.5, 0.6) is 0 Å². The minimum absolute atomic E-state index is 0.00799. The van der Waals surface area contributed by atoms with Gasteiger partial charge in [-0.15, -0.1) is 0 Å². The van der Waals surface area contributed by atoms with E-state index in [1.807, 2.05) is 0 Å². The molecule has 0 aromatic carbocycles. The van der Waals surface area contributed by atoms with Gasteiger partial charge in [0.15, 0.2) is 0 Å². The van der Waals surface area contributed by atoms with Gasteiger partial charge in [-0.1, -0.05) is 423 Å². The van der Waals surface area contributed by atoms with Crippen molar-refractivity contribution in [2.24, 2.45) is 0 Å². The number of aliphatic hydroxyl groups excluding tert-OH is 2. The largest absolute Gasteiger partial charge is 0.466 e. The summed E-state index contributed by atoms with van der Waals surface area (Å²) < 4.78 is 5.49. The number of amides is 1. The Balaban J connectivity index is 3.33. The molecule has 0 aliphatic carbocycles. The van der Waals surface area contributed by atoms with Gasteiger partial charge >= 0.3 is 5.97 Å². The smallest absolute Gasteiger partial charge is 0.305 e. The second kappa shape index (κ2) is 77.8. The molecule has 6 nitrogen and oxygen atoms in total. The van der Waals surface area contributed by atoms with Crippen LogP contribution in [-0.2, 0) is 14.3 Å². The lowest BCUT2D eigenvalue weighted by molar-refractivity contribution is -0.143. The number of ether oxygens (including phenoxy) is 1. The fourth-order valence-electron chi connectivity index (χ4n) is 13.1.